The van der Waals surface area contributed by atoms with Crippen LogP contribution in [0.1, 0.15) is 38.8 Å². The molecule has 3 aromatic rings. The van der Waals surface area contributed by atoms with E-state index in [9.17, 15) is 14.0 Å². The molecule has 0 aliphatic carbocycles. The van der Waals surface area contributed by atoms with Crippen molar-refractivity contribution in [1.29, 1.82) is 0 Å². The maximum absolute atomic E-state index is 13.0. The van der Waals surface area contributed by atoms with Gasteiger partial charge in [0.25, 0.3) is 5.91 Å². The van der Waals surface area contributed by atoms with E-state index < -0.39 is 0 Å². The van der Waals surface area contributed by atoms with Gasteiger partial charge in [0.05, 0.1) is 12.5 Å². The van der Waals surface area contributed by atoms with Crippen molar-refractivity contribution in [2.24, 2.45) is 0 Å². The van der Waals surface area contributed by atoms with Crippen molar-refractivity contribution >= 4 is 23.2 Å². The molecule has 6 heteroatoms. The lowest BCUT2D eigenvalue weighted by Crippen LogP contribution is -2.33. The number of halogens is 1. The van der Waals surface area contributed by atoms with Crippen LogP contribution in [0.25, 0.3) is 0 Å². The molecule has 1 N–H and O–H groups in total. The zero-order valence-electron chi connectivity index (χ0n) is 15.1. The van der Waals surface area contributed by atoms with Gasteiger partial charge in [-0.05, 0) is 40.8 Å². The van der Waals surface area contributed by atoms with Crippen molar-refractivity contribution in [3.63, 3.8) is 0 Å². The normalized spacial score (nSPS) is 14.0. The third-order valence-corrected chi connectivity index (χ3v) is 5.85. The van der Waals surface area contributed by atoms with Gasteiger partial charge in [-0.3, -0.25) is 9.59 Å². The predicted octanol–water partition coefficient (Wildman–Crippen LogP) is 4.29. The molecule has 142 valence electrons. The number of nitrogens with zero attached hydrogens (tertiary/aromatic N) is 1. The third-order valence-electron chi connectivity index (χ3n) is 4.88. The molecule has 1 aromatic heterocycles. The number of carbonyl (C=O) groups excluding carboxylic acids is 2. The first kappa shape index (κ1) is 18.4. The molecular weight excluding hydrogens is 375 g/mol. The number of benzene rings is 2. The van der Waals surface area contributed by atoms with E-state index in [-0.39, 0.29) is 30.1 Å². The van der Waals surface area contributed by atoms with Crippen LogP contribution >= 0.6 is 11.3 Å². The van der Waals surface area contributed by atoms with Crippen molar-refractivity contribution in [1.82, 2.24) is 10.2 Å². The first-order chi connectivity index (χ1) is 13.6. The number of thiophene rings is 1. The van der Waals surface area contributed by atoms with Crippen LogP contribution in [0, 0.1) is 5.82 Å². The highest BCUT2D eigenvalue weighted by atomic mass is 32.1. The van der Waals surface area contributed by atoms with Gasteiger partial charge in [0.2, 0.25) is 5.91 Å². The lowest BCUT2D eigenvalue weighted by atomic mass is 10.1. The summed E-state index contributed by atoms with van der Waals surface area (Å²) in [6, 6.07) is 17.2. The second kappa shape index (κ2) is 7.94. The Balaban J connectivity index is 1.48. The van der Waals surface area contributed by atoms with E-state index in [2.05, 4.69) is 5.32 Å². The van der Waals surface area contributed by atoms with Crippen LogP contribution in [0.15, 0.2) is 66.0 Å². The highest BCUT2D eigenvalue weighted by molar-refractivity contribution is 7.10. The van der Waals surface area contributed by atoms with Crippen LogP contribution in [0.2, 0.25) is 0 Å². The zero-order valence-corrected chi connectivity index (χ0v) is 15.9. The quantitative estimate of drug-likeness (QED) is 0.678. The number of hydrogen-bond acceptors (Lipinski definition) is 3. The number of fused-ring (bicyclic) bond motifs is 1. The summed E-state index contributed by atoms with van der Waals surface area (Å²) in [6.45, 7) is 0.827. The number of hydrogen-bond donors (Lipinski definition) is 1. The van der Waals surface area contributed by atoms with Crippen molar-refractivity contribution in [2.75, 3.05) is 0 Å². The number of nitrogens with one attached hydrogen (secondary N) is 1. The summed E-state index contributed by atoms with van der Waals surface area (Å²) >= 11 is 1.54. The summed E-state index contributed by atoms with van der Waals surface area (Å²) in [7, 11) is 0. The fraction of sp³-hybridized carbons (Fsp3) is 0.182. The van der Waals surface area contributed by atoms with Crippen LogP contribution in [0.3, 0.4) is 0 Å². The Morgan fingerprint density at radius 2 is 1.89 bits per heavy atom. The van der Waals surface area contributed by atoms with Gasteiger partial charge in [-0.1, -0.05) is 36.4 Å². The van der Waals surface area contributed by atoms with Gasteiger partial charge < -0.3 is 10.2 Å². The second-order valence-electron chi connectivity index (χ2n) is 6.73. The molecule has 1 aliphatic heterocycles. The maximum Gasteiger partial charge on any atom is 0.255 e. The number of carbonyl (C=O) groups is 2. The number of amides is 2. The molecule has 0 fully saturated rings. The predicted molar refractivity (Wildman–Crippen MR) is 106 cm³/mol. The largest absolute Gasteiger partial charge is 0.352 e. The smallest absolute Gasteiger partial charge is 0.255 e. The van der Waals surface area contributed by atoms with Gasteiger partial charge in [0, 0.05) is 23.5 Å². The van der Waals surface area contributed by atoms with Crippen molar-refractivity contribution in [3.8, 4) is 0 Å². The molecule has 0 spiro atoms. The fourth-order valence-electron chi connectivity index (χ4n) is 3.42. The van der Waals surface area contributed by atoms with E-state index in [1.54, 1.807) is 28.4 Å². The highest BCUT2D eigenvalue weighted by Gasteiger charge is 2.34. The fourth-order valence-corrected chi connectivity index (χ4v) is 4.26. The van der Waals surface area contributed by atoms with E-state index in [1.165, 1.54) is 12.1 Å². The molecule has 0 saturated carbocycles. The molecule has 28 heavy (non-hydrogen) atoms. The first-order valence-electron chi connectivity index (χ1n) is 9.05. The van der Waals surface area contributed by atoms with Crippen LogP contribution in [-0.2, 0) is 17.9 Å². The second-order valence-corrected chi connectivity index (χ2v) is 7.71. The monoisotopic (exact) mass is 394 g/mol. The molecule has 2 amide bonds. The average Bonchev–Trinajstić information content (AvgIpc) is 3.35. The standard InChI is InChI=1S/C22H19FN2O2S/c23-17-9-7-15(8-10-17)13-24-21(26)12-19(20-6-3-11-28-20)25-14-16-4-1-2-5-18(16)22(25)27/h1-11,19H,12-14H2,(H,24,26). The molecule has 0 bridgehead atoms. The van der Waals surface area contributed by atoms with Crippen molar-refractivity contribution < 1.29 is 14.0 Å². The van der Waals surface area contributed by atoms with Gasteiger partial charge >= 0.3 is 0 Å². The zero-order chi connectivity index (χ0) is 19.5. The Labute approximate surface area is 166 Å². The highest BCUT2D eigenvalue weighted by Crippen LogP contribution is 2.35. The Morgan fingerprint density at radius 1 is 1.11 bits per heavy atom. The Hall–Kier alpha value is -2.99. The van der Waals surface area contributed by atoms with Gasteiger partial charge in [-0.25, -0.2) is 4.39 Å². The van der Waals surface area contributed by atoms with E-state index in [0.717, 1.165) is 16.0 Å². The topological polar surface area (TPSA) is 49.4 Å². The molecule has 1 aliphatic rings. The van der Waals surface area contributed by atoms with Crippen LogP contribution in [0.5, 0.6) is 0 Å². The lowest BCUT2D eigenvalue weighted by molar-refractivity contribution is -0.122. The molecule has 4 nitrogen and oxygen atoms in total. The summed E-state index contributed by atoms with van der Waals surface area (Å²) in [5.74, 6) is -0.494. The van der Waals surface area contributed by atoms with Crippen molar-refractivity contribution in [2.45, 2.75) is 25.6 Å². The molecule has 0 radical (unpaired) electrons. The van der Waals surface area contributed by atoms with E-state index in [1.807, 2.05) is 41.8 Å². The Bertz CT molecular complexity index is 986. The van der Waals surface area contributed by atoms with Gasteiger partial charge in [0.15, 0.2) is 0 Å². The molecule has 1 unspecified atom stereocenters. The molecule has 4 rings (SSSR count). The van der Waals surface area contributed by atoms with Crippen LogP contribution < -0.4 is 5.32 Å². The Kier molecular flexibility index (Phi) is 5.21. The van der Waals surface area contributed by atoms with Crippen LogP contribution in [-0.4, -0.2) is 16.7 Å². The van der Waals surface area contributed by atoms with E-state index in [0.29, 0.717) is 18.7 Å². The summed E-state index contributed by atoms with van der Waals surface area (Å²) in [4.78, 5) is 28.3. The van der Waals surface area contributed by atoms with E-state index >= 15 is 0 Å². The maximum atomic E-state index is 13.0. The summed E-state index contributed by atoms with van der Waals surface area (Å²) in [5, 5.41) is 4.83. The average molecular weight is 394 g/mol. The molecule has 2 heterocycles. The third kappa shape index (κ3) is 3.82. The summed E-state index contributed by atoms with van der Waals surface area (Å²) in [5.41, 5.74) is 2.52. The first-order valence-corrected chi connectivity index (χ1v) is 9.93. The minimum absolute atomic E-state index is 0.0414. The summed E-state index contributed by atoms with van der Waals surface area (Å²) < 4.78 is 13.0. The van der Waals surface area contributed by atoms with Gasteiger partial charge in [0.1, 0.15) is 5.82 Å². The minimum atomic E-state index is -0.312. The van der Waals surface area contributed by atoms with Crippen LogP contribution in [0.4, 0.5) is 4.39 Å². The SMILES string of the molecule is O=C(CC(c1cccs1)N1Cc2ccccc2C1=O)NCc1ccc(F)cc1. The molecule has 1 atom stereocenters. The van der Waals surface area contributed by atoms with Gasteiger partial charge in [-0.2, -0.15) is 0 Å². The number of rotatable bonds is 6. The van der Waals surface area contributed by atoms with E-state index in [4.69, 9.17) is 0 Å². The lowest BCUT2D eigenvalue weighted by Gasteiger charge is -2.26. The van der Waals surface area contributed by atoms with Crippen molar-refractivity contribution in [3.05, 3.63) is 93.4 Å². The summed E-state index contributed by atoms with van der Waals surface area (Å²) in [6.07, 6.45) is 0.182. The molecule has 0 saturated heterocycles. The van der Waals surface area contributed by atoms with Gasteiger partial charge in [-0.15, -0.1) is 11.3 Å². The minimum Gasteiger partial charge on any atom is -0.352 e. The molecular formula is C22H19FN2O2S. The Morgan fingerprint density at radius 3 is 2.61 bits per heavy atom. The molecule has 2 aromatic carbocycles.